The molecule has 222 valence electrons. The van der Waals surface area contributed by atoms with E-state index in [9.17, 15) is 19.5 Å². The normalized spacial score (nSPS) is 14.7. The second-order valence-electron chi connectivity index (χ2n) is 9.32. The van der Waals surface area contributed by atoms with E-state index in [-0.39, 0.29) is 22.8 Å². The maximum Gasteiger partial charge on any atom is 0.338 e. The molecule has 0 fully saturated rings. The highest BCUT2D eigenvalue weighted by Gasteiger charge is 2.36. The molecular weight excluding hydrogens is 596 g/mol. The number of hydrogen-bond acceptors (Lipinski definition) is 9. The molecule has 1 aliphatic heterocycles. The molecule has 1 N–H and O–H groups in total. The van der Waals surface area contributed by atoms with Gasteiger partial charge in [-0.15, -0.1) is 0 Å². The number of thiazole rings is 1. The molecule has 12 heteroatoms. The highest BCUT2D eigenvalue weighted by Crippen LogP contribution is 2.40. The van der Waals surface area contributed by atoms with Crippen molar-refractivity contribution in [3.8, 4) is 22.8 Å². The number of aromatic carboxylic acids is 1. The van der Waals surface area contributed by atoms with E-state index in [1.54, 1.807) is 56.3 Å². The minimum absolute atomic E-state index is 0.0536. The summed E-state index contributed by atoms with van der Waals surface area (Å²) in [6.45, 7) is 5.71. The number of benzene rings is 2. The third kappa shape index (κ3) is 5.61. The van der Waals surface area contributed by atoms with E-state index in [4.69, 9.17) is 30.2 Å². The Balaban J connectivity index is 1.67. The molecular formula is C31H27ClN2O8S. The Kier molecular flexibility index (Phi) is 8.56. The summed E-state index contributed by atoms with van der Waals surface area (Å²) < 4.78 is 24.6. The SMILES string of the molecule is CCOC(=O)C1=C(C)N=c2s/c(=C/c3ccc(-c4ccc(Cl)c(C(=O)O)c4)o3)c(=O)n2[C@@H]1c1cccc(OC)c1OCC. The molecule has 2 aromatic heterocycles. The van der Waals surface area contributed by atoms with Crippen molar-refractivity contribution < 1.29 is 33.3 Å². The average molecular weight is 623 g/mol. The van der Waals surface area contributed by atoms with Gasteiger partial charge in [-0.25, -0.2) is 14.6 Å². The predicted octanol–water partition coefficient (Wildman–Crippen LogP) is 4.82. The van der Waals surface area contributed by atoms with Crippen LogP contribution >= 0.6 is 22.9 Å². The summed E-state index contributed by atoms with van der Waals surface area (Å²) in [5.41, 5.74) is 1.24. The lowest BCUT2D eigenvalue weighted by molar-refractivity contribution is -0.139. The number of carboxylic acids is 1. The Labute approximate surface area is 254 Å². The molecule has 0 saturated heterocycles. The van der Waals surface area contributed by atoms with Crippen LogP contribution in [0.4, 0.5) is 0 Å². The summed E-state index contributed by atoms with van der Waals surface area (Å²) in [4.78, 5) is 43.8. The van der Waals surface area contributed by atoms with Crippen molar-refractivity contribution in [2.45, 2.75) is 26.8 Å². The largest absolute Gasteiger partial charge is 0.493 e. The molecule has 10 nitrogen and oxygen atoms in total. The van der Waals surface area contributed by atoms with Crippen molar-refractivity contribution in [3.63, 3.8) is 0 Å². The van der Waals surface area contributed by atoms with Crippen molar-refractivity contribution in [1.82, 2.24) is 4.57 Å². The first-order chi connectivity index (χ1) is 20.7. The number of ether oxygens (including phenoxy) is 3. The average Bonchev–Trinajstić information content (AvgIpc) is 3.57. The summed E-state index contributed by atoms with van der Waals surface area (Å²) in [5, 5.41) is 9.53. The molecule has 5 rings (SSSR count). The summed E-state index contributed by atoms with van der Waals surface area (Å²) in [7, 11) is 1.52. The first kappa shape index (κ1) is 29.9. The number of methoxy groups -OCH3 is 1. The Morgan fingerprint density at radius 3 is 2.65 bits per heavy atom. The van der Waals surface area contributed by atoms with Crippen LogP contribution in [0.5, 0.6) is 11.5 Å². The van der Waals surface area contributed by atoms with Crippen molar-refractivity contribution in [1.29, 1.82) is 0 Å². The van der Waals surface area contributed by atoms with Crippen LogP contribution in [0.15, 0.2) is 74.0 Å². The number of carboxylic acid groups (broad SMARTS) is 1. The number of esters is 1. The fourth-order valence-corrected chi connectivity index (χ4v) is 6.08. The number of fused-ring (bicyclic) bond motifs is 1. The van der Waals surface area contributed by atoms with Crippen LogP contribution < -0.4 is 24.4 Å². The molecule has 3 heterocycles. The fraction of sp³-hybridized carbons (Fsp3) is 0.226. The summed E-state index contributed by atoms with van der Waals surface area (Å²) >= 11 is 7.15. The van der Waals surface area contributed by atoms with Gasteiger partial charge in [-0.1, -0.05) is 35.1 Å². The lowest BCUT2D eigenvalue weighted by Gasteiger charge is -2.26. The second-order valence-corrected chi connectivity index (χ2v) is 10.7. The number of rotatable bonds is 9. The maximum absolute atomic E-state index is 14.0. The standard InChI is InChI=1S/C31H27ClN2O8S/c1-5-40-27-19(8-7-9-23(27)39-4)26-25(30(38)41-6-2)16(3)33-31-34(26)28(35)24(43-31)15-18-11-13-22(42-18)17-10-12-21(32)20(14-17)29(36)37/h7-15,26H,5-6H2,1-4H3,(H,36,37)/b24-15+/t26-/m1/s1. The molecule has 43 heavy (non-hydrogen) atoms. The molecule has 1 atom stereocenters. The third-order valence-corrected chi connectivity index (χ3v) is 8.02. The van der Waals surface area contributed by atoms with Gasteiger partial charge in [0.15, 0.2) is 16.3 Å². The number of allylic oxidation sites excluding steroid dienone is 1. The molecule has 1 aliphatic rings. The van der Waals surface area contributed by atoms with Crippen molar-refractivity contribution >= 4 is 41.0 Å². The van der Waals surface area contributed by atoms with Crippen LogP contribution in [0.1, 0.15) is 48.5 Å². The van der Waals surface area contributed by atoms with Gasteiger partial charge in [-0.05, 0) is 57.2 Å². The molecule has 2 aromatic carbocycles. The van der Waals surface area contributed by atoms with Gasteiger partial charge in [-0.2, -0.15) is 0 Å². The topological polar surface area (TPSA) is 130 Å². The van der Waals surface area contributed by atoms with E-state index in [1.165, 1.54) is 23.8 Å². The van der Waals surface area contributed by atoms with Gasteiger partial charge in [0.1, 0.15) is 17.6 Å². The van der Waals surface area contributed by atoms with Crippen LogP contribution in [0.25, 0.3) is 17.4 Å². The van der Waals surface area contributed by atoms with Crippen molar-refractivity contribution in [3.05, 3.63) is 101 Å². The lowest BCUT2D eigenvalue weighted by atomic mass is 9.94. The Morgan fingerprint density at radius 1 is 1.16 bits per heavy atom. The van der Waals surface area contributed by atoms with E-state index < -0.39 is 23.5 Å². The highest BCUT2D eigenvalue weighted by molar-refractivity contribution is 7.07. The monoisotopic (exact) mass is 622 g/mol. The van der Waals surface area contributed by atoms with Gasteiger partial charge in [0.25, 0.3) is 5.56 Å². The number of hydrogen-bond donors (Lipinski definition) is 1. The van der Waals surface area contributed by atoms with Crippen molar-refractivity contribution in [2.75, 3.05) is 20.3 Å². The van der Waals surface area contributed by atoms with E-state index in [0.29, 0.717) is 55.8 Å². The number of para-hydroxylation sites is 1. The number of halogens is 1. The van der Waals surface area contributed by atoms with Gasteiger partial charge < -0.3 is 23.7 Å². The zero-order chi connectivity index (χ0) is 30.8. The second kappa shape index (κ2) is 12.3. The van der Waals surface area contributed by atoms with E-state index in [0.717, 1.165) is 11.3 Å². The molecule has 0 amide bonds. The zero-order valence-corrected chi connectivity index (χ0v) is 25.2. The quantitative estimate of drug-likeness (QED) is 0.263. The fourth-order valence-electron chi connectivity index (χ4n) is 4.85. The van der Waals surface area contributed by atoms with Gasteiger partial charge >= 0.3 is 11.9 Å². The first-order valence-corrected chi connectivity index (χ1v) is 14.5. The van der Waals surface area contributed by atoms with Crippen molar-refractivity contribution in [2.24, 2.45) is 4.99 Å². The molecule has 4 aromatic rings. The smallest absolute Gasteiger partial charge is 0.338 e. The Bertz CT molecular complexity index is 1950. The maximum atomic E-state index is 14.0. The molecule has 0 bridgehead atoms. The Hall–Kier alpha value is -4.61. The molecule has 0 saturated carbocycles. The van der Waals surface area contributed by atoms with Crippen LogP contribution in [0.2, 0.25) is 5.02 Å². The number of nitrogens with zero attached hydrogens (tertiary/aromatic N) is 2. The van der Waals surface area contributed by atoms with Crippen LogP contribution in [0, 0.1) is 0 Å². The third-order valence-electron chi connectivity index (χ3n) is 6.71. The molecule has 0 spiro atoms. The number of carbonyl (C=O) groups is 2. The predicted molar refractivity (Wildman–Crippen MR) is 161 cm³/mol. The lowest BCUT2D eigenvalue weighted by Crippen LogP contribution is -2.40. The van der Waals surface area contributed by atoms with E-state index in [1.807, 2.05) is 6.92 Å². The van der Waals surface area contributed by atoms with Gasteiger partial charge in [-0.3, -0.25) is 9.36 Å². The zero-order valence-electron chi connectivity index (χ0n) is 23.7. The molecule has 0 unspecified atom stereocenters. The minimum atomic E-state index is -1.16. The first-order valence-electron chi connectivity index (χ1n) is 13.3. The van der Waals surface area contributed by atoms with Crippen LogP contribution in [-0.2, 0) is 9.53 Å². The number of carbonyl (C=O) groups excluding carboxylic acids is 1. The molecule has 0 radical (unpaired) electrons. The van der Waals surface area contributed by atoms with E-state index >= 15 is 0 Å². The number of furan rings is 1. The van der Waals surface area contributed by atoms with Gasteiger partial charge in [0.05, 0.1) is 46.7 Å². The minimum Gasteiger partial charge on any atom is -0.493 e. The highest BCUT2D eigenvalue weighted by atomic mass is 35.5. The summed E-state index contributed by atoms with van der Waals surface area (Å²) in [6, 6.07) is 12.3. The van der Waals surface area contributed by atoms with Crippen LogP contribution in [0.3, 0.4) is 0 Å². The van der Waals surface area contributed by atoms with Gasteiger partial charge in [0, 0.05) is 17.2 Å². The summed E-state index contributed by atoms with van der Waals surface area (Å²) in [6.07, 6.45) is 1.58. The Morgan fingerprint density at radius 2 is 1.95 bits per heavy atom. The number of aromatic nitrogens is 1. The van der Waals surface area contributed by atoms with Gasteiger partial charge in [0.2, 0.25) is 0 Å². The molecule has 0 aliphatic carbocycles. The van der Waals surface area contributed by atoms with Crippen LogP contribution in [-0.4, -0.2) is 41.9 Å². The van der Waals surface area contributed by atoms with E-state index in [2.05, 4.69) is 4.99 Å². The summed E-state index contributed by atoms with van der Waals surface area (Å²) in [5.74, 6) is -0.128.